The molecule has 2 amide bonds. The normalized spacial score (nSPS) is 15.2. The molecular weight excluding hydrogens is 791 g/mol. The van der Waals surface area contributed by atoms with E-state index >= 15 is 0 Å². The van der Waals surface area contributed by atoms with Crippen LogP contribution in [0.2, 0.25) is 0 Å². The van der Waals surface area contributed by atoms with Crippen LogP contribution in [-0.2, 0) is 29.0 Å². The van der Waals surface area contributed by atoms with E-state index in [1.54, 1.807) is 11.3 Å². The number of carboxylic acid groups (broad SMARTS) is 1. The quantitative estimate of drug-likeness (QED) is 0.140. The number of benzene rings is 3. The minimum absolute atomic E-state index is 0.123. The largest absolute Gasteiger partial charge is 0.490 e. The maximum absolute atomic E-state index is 13.6. The molecule has 6 rings (SSSR count). The van der Waals surface area contributed by atoms with Crippen LogP contribution in [-0.4, -0.2) is 71.6 Å². The first-order valence-corrected chi connectivity index (χ1v) is 20.7. The highest BCUT2D eigenvalue weighted by atomic mass is 79.9. The Bertz CT molecular complexity index is 1820. The van der Waals surface area contributed by atoms with E-state index in [4.69, 9.17) is 9.90 Å². The van der Waals surface area contributed by atoms with Gasteiger partial charge in [0.1, 0.15) is 0 Å². The third-order valence-electron chi connectivity index (χ3n) is 10.4. The molecule has 2 aliphatic heterocycles. The molecule has 4 aromatic rings. The van der Waals surface area contributed by atoms with Crippen molar-refractivity contribution in [1.29, 1.82) is 0 Å². The molecule has 0 bridgehead atoms. The Balaban J connectivity index is 0.000000757. The van der Waals surface area contributed by atoms with Gasteiger partial charge in [0.15, 0.2) is 0 Å². The number of nitrogens with one attached hydrogen (secondary N) is 1. The number of nitrogens with zero attached hydrogens (tertiary/aromatic N) is 2. The van der Waals surface area contributed by atoms with Gasteiger partial charge in [-0.1, -0.05) is 83.7 Å². The predicted molar refractivity (Wildman–Crippen MR) is 215 cm³/mol. The summed E-state index contributed by atoms with van der Waals surface area (Å²) in [6.07, 6.45) is 5.02. The lowest BCUT2D eigenvalue weighted by Gasteiger charge is -2.32. The molecule has 3 heterocycles. The number of carbonyl (C=O) groups is 3. The fraction of sp³-hybridized carbons (Fsp3) is 0.419. The minimum Gasteiger partial charge on any atom is -0.475 e. The maximum atomic E-state index is 13.6. The van der Waals surface area contributed by atoms with Crippen LogP contribution in [0.15, 0.2) is 94.8 Å². The van der Waals surface area contributed by atoms with Crippen molar-refractivity contribution >= 4 is 45.1 Å². The highest BCUT2D eigenvalue weighted by Crippen LogP contribution is 2.28. The van der Waals surface area contributed by atoms with Gasteiger partial charge in [0.25, 0.3) is 5.91 Å². The first-order valence-electron chi connectivity index (χ1n) is 19.0. The van der Waals surface area contributed by atoms with Gasteiger partial charge in [-0.05, 0) is 121 Å². The summed E-state index contributed by atoms with van der Waals surface area (Å²) in [5.74, 6) is -0.845. The van der Waals surface area contributed by atoms with Crippen molar-refractivity contribution < 1.29 is 32.7 Å². The molecule has 1 aromatic heterocycles. The maximum Gasteiger partial charge on any atom is 0.490 e. The molecule has 0 unspecified atom stereocenters. The van der Waals surface area contributed by atoms with Crippen LogP contribution in [0.4, 0.5) is 13.2 Å². The van der Waals surface area contributed by atoms with E-state index in [-0.39, 0.29) is 11.8 Å². The van der Waals surface area contributed by atoms with Crippen LogP contribution < -0.4 is 5.32 Å². The summed E-state index contributed by atoms with van der Waals surface area (Å²) in [7, 11) is 0. The second kappa shape index (κ2) is 20.8. The van der Waals surface area contributed by atoms with Gasteiger partial charge in [0.2, 0.25) is 5.91 Å². The number of amides is 2. The van der Waals surface area contributed by atoms with Gasteiger partial charge in [-0.2, -0.15) is 13.2 Å². The molecule has 2 fully saturated rings. The van der Waals surface area contributed by atoms with E-state index < -0.39 is 12.1 Å². The zero-order valence-corrected chi connectivity index (χ0v) is 33.3. The van der Waals surface area contributed by atoms with Crippen LogP contribution >= 0.6 is 27.3 Å². The van der Waals surface area contributed by atoms with Crippen LogP contribution in [0.5, 0.6) is 0 Å². The molecule has 55 heavy (non-hydrogen) atoms. The Morgan fingerprint density at radius 3 is 2.11 bits per heavy atom. The molecule has 7 nitrogen and oxygen atoms in total. The molecule has 0 saturated carbocycles. The predicted octanol–water partition coefficient (Wildman–Crippen LogP) is 9.65. The van der Waals surface area contributed by atoms with E-state index in [0.29, 0.717) is 19.5 Å². The molecule has 294 valence electrons. The van der Waals surface area contributed by atoms with Crippen LogP contribution in [0.25, 0.3) is 11.1 Å². The summed E-state index contributed by atoms with van der Waals surface area (Å²) in [5.41, 5.74) is 4.94. The van der Waals surface area contributed by atoms with Crippen molar-refractivity contribution in [2.24, 2.45) is 11.8 Å². The second-order valence-electron chi connectivity index (χ2n) is 14.4. The van der Waals surface area contributed by atoms with Gasteiger partial charge in [-0.3, -0.25) is 9.59 Å². The fourth-order valence-corrected chi connectivity index (χ4v) is 8.22. The Labute approximate surface area is 334 Å². The van der Waals surface area contributed by atoms with E-state index in [9.17, 15) is 22.8 Å². The molecule has 0 atom stereocenters. The van der Waals surface area contributed by atoms with Crippen LogP contribution in [0, 0.1) is 11.8 Å². The number of hydrogen-bond acceptors (Lipinski definition) is 5. The molecule has 0 radical (unpaired) electrons. The monoisotopic (exact) mass is 839 g/mol. The van der Waals surface area contributed by atoms with Crippen molar-refractivity contribution in [3.8, 4) is 11.1 Å². The van der Waals surface area contributed by atoms with Crippen molar-refractivity contribution in [3.63, 3.8) is 0 Å². The first kappa shape index (κ1) is 42.1. The second-order valence-corrected chi connectivity index (χ2v) is 16.3. The molecule has 2 saturated heterocycles. The van der Waals surface area contributed by atoms with Crippen molar-refractivity contribution in [2.75, 3.05) is 32.7 Å². The SMILES string of the molecule is O=C(Cc1ccc(Br)cc1)N(CCc1cccs1)Cc1cccc(-c2cccc(C(=O)N3CCC(CCCC4CCNCC4)CC3)c2)c1.O=C(O)C(F)(F)F. The van der Waals surface area contributed by atoms with Crippen LogP contribution in [0.1, 0.15) is 71.3 Å². The third kappa shape index (κ3) is 13.6. The van der Waals surface area contributed by atoms with E-state index in [1.165, 1.54) is 50.1 Å². The summed E-state index contributed by atoms with van der Waals surface area (Å²) in [4.78, 5) is 41.4. The summed E-state index contributed by atoms with van der Waals surface area (Å²) >= 11 is 5.23. The zero-order chi connectivity index (χ0) is 39.2. The molecule has 0 aliphatic carbocycles. The molecule has 3 aromatic carbocycles. The van der Waals surface area contributed by atoms with E-state index in [1.807, 2.05) is 47.4 Å². The number of carboxylic acids is 1. The van der Waals surface area contributed by atoms with Gasteiger partial charge in [0, 0.05) is 41.1 Å². The smallest absolute Gasteiger partial charge is 0.475 e. The third-order valence-corrected chi connectivity index (χ3v) is 11.9. The molecule has 2 aliphatic rings. The fourth-order valence-electron chi connectivity index (χ4n) is 7.25. The number of alkyl halides is 3. The lowest BCUT2D eigenvalue weighted by molar-refractivity contribution is -0.192. The van der Waals surface area contributed by atoms with Gasteiger partial charge in [0.05, 0.1) is 6.42 Å². The Morgan fingerprint density at radius 2 is 1.47 bits per heavy atom. The number of piperidine rings is 2. The minimum atomic E-state index is -5.08. The number of halogens is 4. The number of carbonyl (C=O) groups excluding carboxylic acids is 2. The number of likely N-dealkylation sites (tertiary alicyclic amines) is 1. The van der Waals surface area contributed by atoms with E-state index in [2.05, 4.69) is 74.0 Å². The van der Waals surface area contributed by atoms with Crippen molar-refractivity contribution in [1.82, 2.24) is 15.1 Å². The Kier molecular flexibility index (Phi) is 15.9. The van der Waals surface area contributed by atoms with Crippen molar-refractivity contribution in [3.05, 3.63) is 116 Å². The van der Waals surface area contributed by atoms with Gasteiger partial charge in [-0.25, -0.2) is 4.79 Å². The zero-order valence-electron chi connectivity index (χ0n) is 30.9. The molecular formula is C43H49BrF3N3O4S. The van der Waals surface area contributed by atoms with Gasteiger partial charge < -0.3 is 20.2 Å². The number of rotatable bonds is 13. The average molecular weight is 841 g/mol. The Morgan fingerprint density at radius 1 is 0.836 bits per heavy atom. The molecule has 2 N–H and O–H groups in total. The lowest BCUT2D eigenvalue weighted by Crippen LogP contribution is -2.38. The standard InChI is InChI=1S/C41H48BrN3O2S.C2HF3O2/c42-38-14-12-33(13-15-38)28-40(46)45(25-20-39-11-4-26-48-39)30-34-7-2-8-35(27-34)36-9-3-10-37(29-36)41(47)44-23-18-32(19-24-44)6-1-5-31-16-21-43-22-17-31;3-2(4,5)1(6)7/h2-4,7-15,26-27,29,31-32,43H,1,5-6,16-25,28,30H2;(H,6,7). The number of aliphatic carboxylic acids is 1. The molecule has 12 heteroatoms. The summed E-state index contributed by atoms with van der Waals surface area (Å²) in [6.45, 7) is 5.28. The van der Waals surface area contributed by atoms with Crippen molar-refractivity contribution in [2.45, 2.75) is 70.5 Å². The lowest BCUT2D eigenvalue weighted by atomic mass is 9.87. The molecule has 0 spiro atoms. The van der Waals surface area contributed by atoms with Gasteiger partial charge in [-0.15, -0.1) is 11.3 Å². The van der Waals surface area contributed by atoms with Crippen LogP contribution in [0.3, 0.4) is 0 Å². The summed E-state index contributed by atoms with van der Waals surface area (Å²) in [6, 6.07) is 28.7. The van der Waals surface area contributed by atoms with E-state index in [0.717, 1.165) is 76.5 Å². The topological polar surface area (TPSA) is 90.0 Å². The Hall–Kier alpha value is -4.00. The number of hydrogen-bond donors (Lipinski definition) is 2. The summed E-state index contributed by atoms with van der Waals surface area (Å²) in [5, 5.41) is 12.7. The highest BCUT2D eigenvalue weighted by Gasteiger charge is 2.38. The summed E-state index contributed by atoms with van der Waals surface area (Å²) < 4.78 is 32.7. The average Bonchev–Trinajstić information content (AvgIpc) is 3.72. The highest BCUT2D eigenvalue weighted by molar-refractivity contribution is 9.10. The van der Waals surface area contributed by atoms with Gasteiger partial charge >= 0.3 is 12.1 Å². The number of thiophene rings is 1. The first-order chi connectivity index (χ1) is 26.4.